The molecule has 3 aromatic carbocycles. The van der Waals surface area contributed by atoms with E-state index in [-0.39, 0.29) is 18.1 Å². The van der Waals surface area contributed by atoms with Gasteiger partial charge < -0.3 is 9.84 Å². The number of aromatic hydroxyl groups is 1. The van der Waals surface area contributed by atoms with Gasteiger partial charge in [-0.1, -0.05) is 54.1 Å². The van der Waals surface area contributed by atoms with Gasteiger partial charge in [-0.05, 0) is 36.2 Å². The molecule has 0 fully saturated rings. The van der Waals surface area contributed by atoms with Gasteiger partial charge in [-0.25, -0.2) is 0 Å². The van der Waals surface area contributed by atoms with Gasteiger partial charge in [0.15, 0.2) is 0 Å². The number of carbonyl (C=O) groups excluding carboxylic acids is 1. The van der Waals surface area contributed by atoms with Crippen LogP contribution >= 0.6 is 11.6 Å². The number of carbonyl (C=O) groups is 1. The molecule has 1 heterocycles. The number of H-pyrrole nitrogens is 1. The second-order valence-corrected chi connectivity index (χ2v) is 7.35. The van der Waals surface area contributed by atoms with E-state index in [0.717, 1.165) is 38.9 Å². The van der Waals surface area contributed by atoms with Crippen molar-refractivity contribution >= 4 is 28.5 Å². The number of fused-ring (bicyclic) bond motifs is 1. The minimum atomic E-state index is -0.234. The number of halogens is 1. The number of phenolic OH excluding ortho intramolecular Hbond substituents is 1. The Morgan fingerprint density at radius 3 is 2.47 bits per heavy atom. The minimum Gasteiger partial charge on any atom is -0.507 e. The zero-order valence-electron chi connectivity index (χ0n) is 16.5. The second kappa shape index (κ2) is 8.59. The fourth-order valence-electron chi connectivity index (χ4n) is 3.50. The number of rotatable bonds is 6. The standard InChI is InChI=1S/C24H21ClN2O3/c1-2-30-24(29)12-11-21-19-13-18(20(25)14-22(19)27-26-21)16-9-7-15(8-10-16)17-5-3-4-6-23(17)28/h3-10,13-14,28H,2,11-12H2,1H3,(H,26,27). The Bertz CT molecular complexity index is 1200. The third-order valence-electron chi connectivity index (χ3n) is 5.01. The van der Waals surface area contributed by atoms with Gasteiger partial charge in [0.05, 0.1) is 29.3 Å². The molecular weight excluding hydrogens is 400 g/mol. The van der Waals surface area contributed by atoms with Gasteiger partial charge in [-0.2, -0.15) is 5.10 Å². The molecule has 152 valence electrons. The van der Waals surface area contributed by atoms with Gasteiger partial charge >= 0.3 is 5.97 Å². The van der Waals surface area contributed by atoms with Crippen LogP contribution in [0.25, 0.3) is 33.2 Å². The molecule has 0 atom stereocenters. The van der Waals surface area contributed by atoms with Crippen LogP contribution in [0.3, 0.4) is 0 Å². The van der Waals surface area contributed by atoms with E-state index in [1.54, 1.807) is 19.1 Å². The number of aromatic amines is 1. The Kier molecular flexibility index (Phi) is 5.72. The lowest BCUT2D eigenvalue weighted by atomic mass is 9.98. The number of esters is 1. The van der Waals surface area contributed by atoms with Gasteiger partial charge in [-0.3, -0.25) is 9.89 Å². The molecular formula is C24H21ClN2O3. The van der Waals surface area contributed by atoms with Crippen LogP contribution in [0.2, 0.25) is 5.02 Å². The molecule has 2 N–H and O–H groups in total. The SMILES string of the molecule is CCOC(=O)CCc1n[nH]c2cc(Cl)c(-c3ccc(-c4ccccc4O)cc3)cc12. The van der Waals surface area contributed by atoms with Gasteiger partial charge in [0.1, 0.15) is 5.75 Å². The number of nitrogens with zero attached hydrogens (tertiary/aromatic N) is 1. The summed E-state index contributed by atoms with van der Waals surface area (Å²) in [4.78, 5) is 11.7. The van der Waals surface area contributed by atoms with Crippen LogP contribution in [0.1, 0.15) is 19.0 Å². The van der Waals surface area contributed by atoms with Gasteiger partial charge in [0, 0.05) is 22.9 Å². The normalized spacial score (nSPS) is 11.0. The van der Waals surface area contributed by atoms with E-state index in [2.05, 4.69) is 10.2 Å². The average molecular weight is 421 g/mol. The van der Waals surface area contributed by atoms with Crippen LogP contribution in [0, 0.1) is 0 Å². The largest absolute Gasteiger partial charge is 0.507 e. The first-order chi connectivity index (χ1) is 14.6. The molecule has 0 unspecified atom stereocenters. The highest BCUT2D eigenvalue weighted by Crippen LogP contribution is 2.35. The number of hydrogen-bond donors (Lipinski definition) is 2. The van der Waals surface area contributed by atoms with Crippen molar-refractivity contribution in [3.8, 4) is 28.0 Å². The molecule has 0 spiro atoms. The maximum atomic E-state index is 11.7. The Labute approximate surface area is 179 Å². The smallest absolute Gasteiger partial charge is 0.306 e. The number of nitrogens with one attached hydrogen (secondary N) is 1. The monoisotopic (exact) mass is 420 g/mol. The second-order valence-electron chi connectivity index (χ2n) is 6.95. The molecule has 1 aromatic heterocycles. The summed E-state index contributed by atoms with van der Waals surface area (Å²) in [5.41, 5.74) is 5.18. The van der Waals surface area contributed by atoms with Crippen LogP contribution in [0.5, 0.6) is 5.75 Å². The van der Waals surface area contributed by atoms with E-state index in [0.29, 0.717) is 18.1 Å². The van der Waals surface area contributed by atoms with Crippen molar-refractivity contribution in [3.63, 3.8) is 0 Å². The first kappa shape index (κ1) is 20.0. The summed E-state index contributed by atoms with van der Waals surface area (Å²) in [6.45, 7) is 2.16. The highest BCUT2D eigenvalue weighted by atomic mass is 35.5. The summed E-state index contributed by atoms with van der Waals surface area (Å²) in [5, 5.41) is 19.0. The molecule has 4 aromatic rings. The van der Waals surface area contributed by atoms with E-state index < -0.39 is 0 Å². The van der Waals surface area contributed by atoms with Crippen LogP contribution < -0.4 is 0 Å². The molecule has 0 aliphatic heterocycles. The lowest BCUT2D eigenvalue weighted by Crippen LogP contribution is -2.05. The van der Waals surface area contributed by atoms with Gasteiger partial charge in [0.2, 0.25) is 0 Å². The van der Waals surface area contributed by atoms with Crippen LogP contribution in [-0.4, -0.2) is 27.9 Å². The van der Waals surface area contributed by atoms with E-state index >= 15 is 0 Å². The predicted octanol–water partition coefficient (Wildman–Crippen LogP) is 5.75. The lowest BCUT2D eigenvalue weighted by molar-refractivity contribution is -0.143. The fourth-order valence-corrected chi connectivity index (χ4v) is 3.78. The number of para-hydroxylation sites is 1. The number of aromatic nitrogens is 2. The fraction of sp³-hybridized carbons (Fsp3) is 0.167. The molecule has 0 aliphatic carbocycles. The van der Waals surface area contributed by atoms with Crippen molar-refractivity contribution < 1.29 is 14.6 Å². The first-order valence-corrected chi connectivity index (χ1v) is 10.2. The van der Waals surface area contributed by atoms with Crippen molar-refractivity contribution in [1.82, 2.24) is 10.2 Å². The topological polar surface area (TPSA) is 75.2 Å². The van der Waals surface area contributed by atoms with Crippen LogP contribution in [0.15, 0.2) is 60.7 Å². The van der Waals surface area contributed by atoms with Crippen molar-refractivity contribution in [2.45, 2.75) is 19.8 Å². The molecule has 0 aliphatic rings. The van der Waals surface area contributed by atoms with E-state index in [1.165, 1.54) is 0 Å². The van der Waals surface area contributed by atoms with Gasteiger partial charge in [-0.15, -0.1) is 0 Å². The van der Waals surface area contributed by atoms with E-state index in [4.69, 9.17) is 16.3 Å². The van der Waals surface area contributed by atoms with Gasteiger partial charge in [0.25, 0.3) is 0 Å². The molecule has 0 saturated carbocycles. The van der Waals surface area contributed by atoms with Crippen molar-refractivity contribution in [3.05, 3.63) is 71.4 Å². The Morgan fingerprint density at radius 1 is 1.07 bits per heavy atom. The molecule has 30 heavy (non-hydrogen) atoms. The minimum absolute atomic E-state index is 0.234. The average Bonchev–Trinajstić information content (AvgIpc) is 3.14. The number of hydrogen-bond acceptors (Lipinski definition) is 4. The van der Waals surface area contributed by atoms with E-state index in [1.807, 2.05) is 48.5 Å². The summed E-state index contributed by atoms with van der Waals surface area (Å²) in [7, 11) is 0. The maximum Gasteiger partial charge on any atom is 0.306 e. The summed E-state index contributed by atoms with van der Waals surface area (Å²) in [6.07, 6.45) is 0.771. The van der Waals surface area contributed by atoms with Crippen molar-refractivity contribution in [1.29, 1.82) is 0 Å². The zero-order chi connectivity index (χ0) is 21.1. The third kappa shape index (κ3) is 4.02. The highest BCUT2D eigenvalue weighted by molar-refractivity contribution is 6.34. The summed E-state index contributed by atoms with van der Waals surface area (Å²) in [6, 6.07) is 19.0. The summed E-state index contributed by atoms with van der Waals surface area (Å²) < 4.78 is 5.00. The summed E-state index contributed by atoms with van der Waals surface area (Å²) >= 11 is 6.54. The zero-order valence-corrected chi connectivity index (χ0v) is 17.2. The lowest BCUT2D eigenvalue weighted by Gasteiger charge is -2.09. The first-order valence-electron chi connectivity index (χ1n) is 9.77. The number of benzene rings is 3. The molecule has 0 amide bonds. The number of aryl methyl sites for hydroxylation is 1. The molecule has 0 bridgehead atoms. The molecule has 0 radical (unpaired) electrons. The molecule has 5 nitrogen and oxygen atoms in total. The van der Waals surface area contributed by atoms with Crippen LogP contribution in [-0.2, 0) is 16.0 Å². The Balaban J connectivity index is 1.65. The Morgan fingerprint density at radius 2 is 1.77 bits per heavy atom. The summed E-state index contributed by atoms with van der Waals surface area (Å²) in [5.74, 6) is 0.0110. The predicted molar refractivity (Wildman–Crippen MR) is 119 cm³/mol. The molecule has 6 heteroatoms. The number of ether oxygens (including phenoxy) is 1. The highest BCUT2D eigenvalue weighted by Gasteiger charge is 2.13. The van der Waals surface area contributed by atoms with Crippen molar-refractivity contribution in [2.75, 3.05) is 6.61 Å². The third-order valence-corrected chi connectivity index (χ3v) is 5.32. The van der Waals surface area contributed by atoms with Crippen LogP contribution in [0.4, 0.5) is 0 Å². The molecule has 4 rings (SSSR count). The van der Waals surface area contributed by atoms with E-state index in [9.17, 15) is 9.90 Å². The molecule has 0 saturated heterocycles. The van der Waals surface area contributed by atoms with Crippen molar-refractivity contribution in [2.24, 2.45) is 0 Å². The quantitative estimate of drug-likeness (QED) is 0.389. The number of phenols is 1. The maximum absolute atomic E-state index is 11.7. The Hall–Kier alpha value is -3.31.